The van der Waals surface area contributed by atoms with Crippen LogP contribution in [0.3, 0.4) is 0 Å². The van der Waals surface area contributed by atoms with Gasteiger partial charge in [-0.15, -0.1) is 0 Å². The Labute approximate surface area is 122 Å². The van der Waals surface area contributed by atoms with Crippen LogP contribution in [0, 0.1) is 0 Å². The van der Waals surface area contributed by atoms with Gasteiger partial charge in [0.25, 0.3) is 0 Å². The van der Waals surface area contributed by atoms with Gasteiger partial charge in [0, 0.05) is 11.6 Å². The number of aryl methyl sites for hydroxylation is 1. The zero-order valence-corrected chi connectivity index (χ0v) is 11.7. The second-order valence-corrected chi connectivity index (χ2v) is 5.01. The topological polar surface area (TPSA) is 55.8 Å². The van der Waals surface area contributed by atoms with Crippen molar-refractivity contribution in [2.45, 2.75) is 18.9 Å². The summed E-state index contributed by atoms with van der Waals surface area (Å²) in [6, 6.07) is 12.8. The Balaban J connectivity index is 1.94. The van der Waals surface area contributed by atoms with Gasteiger partial charge in [-0.05, 0) is 30.5 Å². The predicted molar refractivity (Wildman–Crippen MR) is 78.1 cm³/mol. The molecule has 108 valence electrons. The van der Waals surface area contributed by atoms with Crippen molar-refractivity contribution in [2.24, 2.45) is 0 Å². The fourth-order valence-electron chi connectivity index (χ4n) is 2.67. The van der Waals surface area contributed by atoms with E-state index in [0.29, 0.717) is 5.56 Å². The van der Waals surface area contributed by atoms with E-state index in [4.69, 9.17) is 9.47 Å². The number of rotatable bonds is 3. The summed E-state index contributed by atoms with van der Waals surface area (Å²) >= 11 is 0. The van der Waals surface area contributed by atoms with E-state index in [1.807, 2.05) is 30.3 Å². The lowest BCUT2D eigenvalue weighted by Gasteiger charge is -2.27. The Bertz CT molecular complexity index is 678. The van der Waals surface area contributed by atoms with Gasteiger partial charge in [-0.1, -0.05) is 24.3 Å². The Morgan fingerprint density at radius 3 is 2.86 bits per heavy atom. The van der Waals surface area contributed by atoms with Crippen molar-refractivity contribution in [1.82, 2.24) is 0 Å². The van der Waals surface area contributed by atoms with Gasteiger partial charge in [0.15, 0.2) is 0 Å². The predicted octanol–water partition coefficient (Wildman–Crippen LogP) is 3.46. The lowest BCUT2D eigenvalue weighted by Crippen LogP contribution is -2.18. The molecule has 0 saturated carbocycles. The van der Waals surface area contributed by atoms with Crippen molar-refractivity contribution in [3.8, 4) is 11.5 Å². The van der Waals surface area contributed by atoms with E-state index in [1.165, 1.54) is 0 Å². The van der Waals surface area contributed by atoms with Crippen molar-refractivity contribution >= 4 is 5.97 Å². The van der Waals surface area contributed by atoms with E-state index >= 15 is 0 Å². The highest BCUT2D eigenvalue weighted by Crippen LogP contribution is 2.37. The van der Waals surface area contributed by atoms with Crippen LogP contribution in [0.25, 0.3) is 0 Å². The van der Waals surface area contributed by atoms with Crippen LogP contribution < -0.4 is 9.47 Å². The molecule has 0 fully saturated rings. The van der Waals surface area contributed by atoms with Gasteiger partial charge in [0.1, 0.15) is 17.6 Å². The lowest BCUT2D eigenvalue weighted by molar-refractivity contribution is 0.0689. The summed E-state index contributed by atoms with van der Waals surface area (Å²) in [4.78, 5) is 11.3. The number of methoxy groups -OCH3 is 1. The van der Waals surface area contributed by atoms with E-state index in [2.05, 4.69) is 0 Å². The average Bonchev–Trinajstić information content (AvgIpc) is 2.53. The summed E-state index contributed by atoms with van der Waals surface area (Å²) in [5, 5.41) is 9.30. The highest BCUT2D eigenvalue weighted by molar-refractivity contribution is 5.89. The highest BCUT2D eigenvalue weighted by Gasteiger charge is 2.25. The molecule has 0 aliphatic carbocycles. The summed E-state index contributed by atoms with van der Waals surface area (Å²) in [5.74, 6) is 0.581. The second kappa shape index (κ2) is 5.48. The van der Waals surface area contributed by atoms with E-state index in [1.54, 1.807) is 19.2 Å². The third kappa shape index (κ3) is 2.57. The first-order valence-electron chi connectivity index (χ1n) is 6.85. The SMILES string of the molecule is COc1ccc2c(c1)OC(c1ccccc1C(=O)O)CC2. The average molecular weight is 284 g/mol. The van der Waals surface area contributed by atoms with Crippen molar-refractivity contribution < 1.29 is 19.4 Å². The van der Waals surface area contributed by atoms with Gasteiger partial charge in [0.05, 0.1) is 12.7 Å². The second-order valence-electron chi connectivity index (χ2n) is 5.01. The molecule has 2 aromatic rings. The largest absolute Gasteiger partial charge is 0.497 e. The molecule has 0 bridgehead atoms. The molecular weight excluding hydrogens is 268 g/mol. The van der Waals surface area contributed by atoms with Crippen molar-refractivity contribution in [2.75, 3.05) is 7.11 Å². The zero-order valence-electron chi connectivity index (χ0n) is 11.7. The normalized spacial score (nSPS) is 16.7. The summed E-state index contributed by atoms with van der Waals surface area (Å²) in [7, 11) is 1.61. The maximum atomic E-state index is 11.3. The quantitative estimate of drug-likeness (QED) is 0.937. The third-order valence-electron chi connectivity index (χ3n) is 3.76. The number of benzene rings is 2. The van der Waals surface area contributed by atoms with Crippen LogP contribution >= 0.6 is 0 Å². The van der Waals surface area contributed by atoms with Gasteiger partial charge >= 0.3 is 5.97 Å². The van der Waals surface area contributed by atoms with Gasteiger partial charge in [-0.25, -0.2) is 4.79 Å². The standard InChI is InChI=1S/C17H16O4/c1-20-12-8-6-11-7-9-15(21-16(11)10-12)13-4-2-3-5-14(13)17(18)19/h2-6,8,10,15H,7,9H2,1H3,(H,18,19). The number of ether oxygens (including phenoxy) is 2. The number of carboxylic acids is 1. The van der Waals surface area contributed by atoms with Crippen LogP contribution in [-0.4, -0.2) is 18.2 Å². The molecule has 4 nitrogen and oxygen atoms in total. The molecule has 0 spiro atoms. The molecule has 1 aliphatic rings. The van der Waals surface area contributed by atoms with Gasteiger partial charge in [-0.3, -0.25) is 0 Å². The molecule has 0 aromatic heterocycles. The van der Waals surface area contributed by atoms with Gasteiger partial charge in [-0.2, -0.15) is 0 Å². The monoisotopic (exact) mass is 284 g/mol. The zero-order chi connectivity index (χ0) is 14.8. The highest BCUT2D eigenvalue weighted by atomic mass is 16.5. The fourth-order valence-corrected chi connectivity index (χ4v) is 2.67. The summed E-state index contributed by atoms with van der Waals surface area (Å²) < 4.78 is 11.2. The molecule has 1 unspecified atom stereocenters. The molecular formula is C17H16O4. The maximum Gasteiger partial charge on any atom is 0.336 e. The number of hydrogen-bond acceptors (Lipinski definition) is 3. The van der Waals surface area contributed by atoms with E-state index < -0.39 is 5.97 Å². The van der Waals surface area contributed by atoms with E-state index in [-0.39, 0.29) is 6.10 Å². The van der Waals surface area contributed by atoms with Gasteiger partial charge in [0.2, 0.25) is 0 Å². The van der Waals surface area contributed by atoms with Crippen LogP contribution in [0.5, 0.6) is 11.5 Å². The third-order valence-corrected chi connectivity index (χ3v) is 3.76. The van der Waals surface area contributed by atoms with Gasteiger partial charge < -0.3 is 14.6 Å². The van der Waals surface area contributed by atoms with E-state index in [0.717, 1.165) is 35.5 Å². The Morgan fingerprint density at radius 2 is 2.10 bits per heavy atom. The van der Waals surface area contributed by atoms with Crippen molar-refractivity contribution in [1.29, 1.82) is 0 Å². The minimum Gasteiger partial charge on any atom is -0.497 e. The molecule has 3 rings (SSSR count). The molecule has 21 heavy (non-hydrogen) atoms. The lowest BCUT2D eigenvalue weighted by atomic mass is 9.94. The van der Waals surface area contributed by atoms with E-state index in [9.17, 15) is 9.90 Å². The number of fused-ring (bicyclic) bond motifs is 1. The van der Waals surface area contributed by atoms with Crippen molar-refractivity contribution in [3.05, 3.63) is 59.2 Å². The summed E-state index contributed by atoms with van der Waals surface area (Å²) in [6.45, 7) is 0. The van der Waals surface area contributed by atoms with Crippen LogP contribution in [0.4, 0.5) is 0 Å². The fraction of sp³-hybridized carbons (Fsp3) is 0.235. The Hall–Kier alpha value is -2.49. The minimum absolute atomic E-state index is 0.239. The van der Waals surface area contributed by atoms with Crippen molar-refractivity contribution in [3.63, 3.8) is 0 Å². The Kier molecular flexibility index (Phi) is 3.52. The summed E-state index contributed by atoms with van der Waals surface area (Å²) in [6.07, 6.45) is 1.39. The number of aromatic carboxylic acids is 1. The molecule has 1 N–H and O–H groups in total. The molecule has 4 heteroatoms. The molecule has 1 aliphatic heterocycles. The smallest absolute Gasteiger partial charge is 0.336 e. The van der Waals surface area contributed by atoms with Crippen LogP contribution in [0.2, 0.25) is 0 Å². The number of hydrogen-bond donors (Lipinski definition) is 1. The summed E-state index contributed by atoms with van der Waals surface area (Å²) in [5.41, 5.74) is 2.15. The molecule has 0 amide bonds. The molecule has 2 aromatic carbocycles. The minimum atomic E-state index is -0.925. The first kappa shape index (κ1) is 13.5. The number of carbonyl (C=O) groups is 1. The van der Waals surface area contributed by atoms with Crippen LogP contribution in [-0.2, 0) is 6.42 Å². The van der Waals surface area contributed by atoms with Crippen LogP contribution in [0.15, 0.2) is 42.5 Å². The first-order valence-corrected chi connectivity index (χ1v) is 6.85. The molecule has 0 saturated heterocycles. The molecule has 0 radical (unpaired) electrons. The maximum absolute atomic E-state index is 11.3. The van der Waals surface area contributed by atoms with Crippen LogP contribution in [0.1, 0.15) is 34.0 Å². The number of carboxylic acid groups (broad SMARTS) is 1. The molecule has 1 atom stereocenters. The Morgan fingerprint density at radius 1 is 1.29 bits per heavy atom. The first-order chi connectivity index (χ1) is 10.2. The molecule has 1 heterocycles.